The first-order chi connectivity index (χ1) is 17.0. The molecule has 4 rings (SSSR count). The standard InChI is InChI=1S/C29H29N5O/c1-30-27-11-8-23(9-12-27)18-22-4-6-24(7-5-22)21-34(17-16-33(2)3)29(35)32-28-13-10-26-20-31-15-14-25(26)19-28/h4-15,19-20H,16-18,21H2,2-3H3,(H,32,35). The first-order valence-corrected chi connectivity index (χ1v) is 11.6. The molecule has 0 atom stereocenters. The van der Waals surface area contributed by atoms with Crippen molar-refractivity contribution in [2.75, 3.05) is 32.5 Å². The van der Waals surface area contributed by atoms with Crippen molar-refractivity contribution in [3.05, 3.63) is 113 Å². The highest BCUT2D eigenvalue weighted by atomic mass is 16.2. The number of aromatic nitrogens is 1. The van der Waals surface area contributed by atoms with E-state index < -0.39 is 0 Å². The Kier molecular flexibility index (Phi) is 7.71. The van der Waals surface area contributed by atoms with Gasteiger partial charge in [0.05, 0.1) is 6.57 Å². The minimum absolute atomic E-state index is 0.121. The molecule has 35 heavy (non-hydrogen) atoms. The van der Waals surface area contributed by atoms with Gasteiger partial charge in [-0.25, -0.2) is 9.64 Å². The van der Waals surface area contributed by atoms with Gasteiger partial charge in [0.1, 0.15) is 0 Å². The van der Waals surface area contributed by atoms with Crippen molar-refractivity contribution in [3.63, 3.8) is 0 Å². The number of carbonyl (C=O) groups excluding carboxylic acids is 1. The van der Waals surface area contributed by atoms with Crippen molar-refractivity contribution >= 4 is 28.2 Å². The van der Waals surface area contributed by atoms with E-state index in [4.69, 9.17) is 6.57 Å². The molecule has 3 aromatic carbocycles. The van der Waals surface area contributed by atoms with Gasteiger partial charge in [0, 0.05) is 43.1 Å². The van der Waals surface area contributed by atoms with E-state index in [9.17, 15) is 4.79 Å². The second-order valence-electron chi connectivity index (χ2n) is 8.86. The lowest BCUT2D eigenvalue weighted by Crippen LogP contribution is -2.39. The molecule has 0 bridgehead atoms. The summed E-state index contributed by atoms with van der Waals surface area (Å²) in [6, 6.07) is 23.8. The van der Waals surface area contributed by atoms with Gasteiger partial charge >= 0.3 is 6.03 Å². The Balaban J connectivity index is 1.43. The van der Waals surface area contributed by atoms with Gasteiger partial charge in [-0.15, -0.1) is 0 Å². The summed E-state index contributed by atoms with van der Waals surface area (Å²) in [6.07, 6.45) is 4.38. The van der Waals surface area contributed by atoms with Crippen molar-refractivity contribution in [1.82, 2.24) is 14.8 Å². The average Bonchev–Trinajstić information content (AvgIpc) is 2.87. The number of amides is 2. The van der Waals surface area contributed by atoms with E-state index in [0.717, 1.165) is 35.0 Å². The third-order valence-electron chi connectivity index (χ3n) is 5.87. The number of likely N-dealkylation sites (N-methyl/N-ethyl adjacent to an activating group) is 1. The molecule has 1 heterocycles. The van der Waals surface area contributed by atoms with E-state index in [0.29, 0.717) is 18.8 Å². The van der Waals surface area contributed by atoms with Crippen LogP contribution in [0.15, 0.2) is 85.2 Å². The van der Waals surface area contributed by atoms with Crippen LogP contribution in [-0.4, -0.2) is 48.0 Å². The second kappa shape index (κ2) is 11.3. The molecule has 0 fully saturated rings. The normalized spacial score (nSPS) is 10.8. The third-order valence-corrected chi connectivity index (χ3v) is 5.87. The fourth-order valence-corrected chi connectivity index (χ4v) is 3.84. The predicted octanol–water partition coefficient (Wildman–Crippen LogP) is 5.97. The summed E-state index contributed by atoms with van der Waals surface area (Å²) < 4.78 is 0. The third kappa shape index (κ3) is 6.66. The lowest BCUT2D eigenvalue weighted by molar-refractivity contribution is 0.202. The largest absolute Gasteiger partial charge is 0.322 e. The van der Waals surface area contributed by atoms with Crippen LogP contribution < -0.4 is 5.32 Å². The van der Waals surface area contributed by atoms with Crippen LogP contribution in [-0.2, 0) is 13.0 Å². The van der Waals surface area contributed by atoms with Gasteiger partial charge in [-0.2, -0.15) is 0 Å². The minimum Gasteiger partial charge on any atom is -0.319 e. The van der Waals surface area contributed by atoms with Gasteiger partial charge in [0.2, 0.25) is 0 Å². The molecule has 0 unspecified atom stereocenters. The van der Waals surface area contributed by atoms with Crippen LogP contribution in [0.4, 0.5) is 16.2 Å². The van der Waals surface area contributed by atoms with Crippen LogP contribution in [0.3, 0.4) is 0 Å². The van der Waals surface area contributed by atoms with Crippen LogP contribution in [0.5, 0.6) is 0 Å². The SMILES string of the molecule is [C-]#[N+]c1ccc(Cc2ccc(CN(CCN(C)C)C(=O)Nc3ccc4cnccc4c3)cc2)cc1. The Morgan fingerprint density at radius 2 is 1.57 bits per heavy atom. The second-order valence-corrected chi connectivity index (χ2v) is 8.86. The smallest absolute Gasteiger partial charge is 0.319 e. The fraction of sp³-hybridized carbons (Fsp3) is 0.207. The number of nitrogens with zero attached hydrogens (tertiary/aromatic N) is 4. The summed E-state index contributed by atoms with van der Waals surface area (Å²) in [4.78, 5) is 24.7. The van der Waals surface area contributed by atoms with Crippen LogP contribution in [0.1, 0.15) is 16.7 Å². The molecule has 0 aliphatic heterocycles. The van der Waals surface area contributed by atoms with Crippen molar-refractivity contribution in [2.45, 2.75) is 13.0 Å². The molecule has 0 spiro atoms. The first-order valence-electron chi connectivity index (χ1n) is 11.6. The molecule has 0 saturated carbocycles. The number of pyridine rings is 1. The number of carbonyl (C=O) groups is 1. The Bertz CT molecular complexity index is 1320. The molecule has 2 amide bonds. The van der Waals surface area contributed by atoms with Crippen molar-refractivity contribution in [2.24, 2.45) is 0 Å². The number of hydrogen-bond acceptors (Lipinski definition) is 3. The lowest BCUT2D eigenvalue weighted by Gasteiger charge is -2.25. The minimum atomic E-state index is -0.121. The highest BCUT2D eigenvalue weighted by Gasteiger charge is 2.15. The van der Waals surface area contributed by atoms with Gasteiger partial charge in [-0.1, -0.05) is 54.6 Å². The predicted molar refractivity (Wildman–Crippen MR) is 142 cm³/mol. The maximum atomic E-state index is 13.2. The average molecular weight is 464 g/mol. The van der Waals surface area contributed by atoms with E-state index in [1.807, 2.05) is 73.7 Å². The molecule has 0 radical (unpaired) electrons. The molecular weight excluding hydrogens is 434 g/mol. The highest BCUT2D eigenvalue weighted by Crippen LogP contribution is 2.20. The van der Waals surface area contributed by atoms with Crippen molar-refractivity contribution < 1.29 is 4.79 Å². The Morgan fingerprint density at radius 3 is 2.26 bits per heavy atom. The summed E-state index contributed by atoms with van der Waals surface area (Å²) in [5.41, 5.74) is 4.86. The summed E-state index contributed by atoms with van der Waals surface area (Å²) >= 11 is 0. The van der Waals surface area contributed by atoms with E-state index in [2.05, 4.69) is 44.3 Å². The Hall–Kier alpha value is -4.21. The van der Waals surface area contributed by atoms with Crippen LogP contribution >= 0.6 is 0 Å². The summed E-state index contributed by atoms with van der Waals surface area (Å²) in [5, 5.41) is 5.14. The monoisotopic (exact) mass is 463 g/mol. The van der Waals surface area contributed by atoms with E-state index in [1.54, 1.807) is 6.20 Å². The maximum Gasteiger partial charge on any atom is 0.322 e. The van der Waals surface area contributed by atoms with Gasteiger partial charge < -0.3 is 15.1 Å². The molecule has 1 N–H and O–H groups in total. The topological polar surface area (TPSA) is 52.8 Å². The van der Waals surface area contributed by atoms with Crippen molar-refractivity contribution in [1.29, 1.82) is 0 Å². The van der Waals surface area contributed by atoms with Gasteiger partial charge in [-0.3, -0.25) is 4.98 Å². The number of rotatable bonds is 8. The number of hydrogen-bond donors (Lipinski definition) is 1. The zero-order chi connectivity index (χ0) is 24.6. The molecule has 6 nitrogen and oxygen atoms in total. The molecule has 0 aliphatic rings. The number of anilines is 1. The number of fused-ring (bicyclic) bond motifs is 1. The van der Waals surface area contributed by atoms with E-state index in [1.165, 1.54) is 11.1 Å². The van der Waals surface area contributed by atoms with Gasteiger partial charge in [-0.05, 0) is 60.8 Å². The summed E-state index contributed by atoms with van der Waals surface area (Å²) in [7, 11) is 4.01. The number of benzene rings is 3. The van der Waals surface area contributed by atoms with E-state index >= 15 is 0 Å². The zero-order valence-electron chi connectivity index (χ0n) is 20.1. The summed E-state index contributed by atoms with van der Waals surface area (Å²) in [5.74, 6) is 0. The fourth-order valence-electron chi connectivity index (χ4n) is 3.84. The van der Waals surface area contributed by atoms with Gasteiger partial charge in [0.15, 0.2) is 5.69 Å². The van der Waals surface area contributed by atoms with Crippen LogP contribution in [0.2, 0.25) is 0 Å². The molecule has 1 aromatic heterocycles. The number of nitrogens with one attached hydrogen (secondary N) is 1. The van der Waals surface area contributed by atoms with Gasteiger partial charge in [0.25, 0.3) is 0 Å². The Labute approximate surface area is 206 Å². The molecule has 0 aliphatic carbocycles. The van der Waals surface area contributed by atoms with Crippen molar-refractivity contribution in [3.8, 4) is 0 Å². The molecular formula is C29H29N5O. The zero-order valence-corrected chi connectivity index (χ0v) is 20.1. The first kappa shape index (κ1) is 23.9. The number of urea groups is 1. The molecule has 0 saturated heterocycles. The highest BCUT2D eigenvalue weighted by molar-refractivity contribution is 5.93. The van der Waals surface area contributed by atoms with E-state index in [-0.39, 0.29) is 6.03 Å². The molecule has 4 aromatic rings. The lowest BCUT2D eigenvalue weighted by atomic mass is 10.0. The van der Waals surface area contributed by atoms with Crippen LogP contribution in [0, 0.1) is 6.57 Å². The molecule has 6 heteroatoms. The van der Waals surface area contributed by atoms with Crippen LogP contribution in [0.25, 0.3) is 15.6 Å². The molecule has 176 valence electrons. The summed E-state index contributed by atoms with van der Waals surface area (Å²) in [6.45, 7) is 9.00. The maximum absolute atomic E-state index is 13.2. The Morgan fingerprint density at radius 1 is 0.886 bits per heavy atom. The quantitative estimate of drug-likeness (QED) is 0.328.